The number of carbonyl (C=O) groups excluding carboxylic acids is 2. The van der Waals surface area contributed by atoms with Gasteiger partial charge < -0.3 is 19.7 Å². The van der Waals surface area contributed by atoms with E-state index in [1.165, 1.54) is 6.07 Å². The average Bonchev–Trinajstić information content (AvgIpc) is 2.70. The van der Waals surface area contributed by atoms with Crippen LogP contribution in [0.2, 0.25) is 0 Å². The molecule has 0 atom stereocenters. The Balaban J connectivity index is 1.76. The van der Waals surface area contributed by atoms with Gasteiger partial charge in [0.1, 0.15) is 18.1 Å². The molecule has 0 fully saturated rings. The van der Waals surface area contributed by atoms with Crippen molar-refractivity contribution < 1.29 is 24.5 Å². The summed E-state index contributed by atoms with van der Waals surface area (Å²) in [5.41, 5.74) is 3.65. The SMILES string of the molecule is C/C(=N/NC(=O)c1cc2ccccc2cc1O)c1cccc(OCC(=O)[O-])c1. The van der Waals surface area contributed by atoms with E-state index in [1.54, 1.807) is 37.3 Å². The summed E-state index contributed by atoms with van der Waals surface area (Å²) in [6, 6.07) is 17.1. The fourth-order valence-corrected chi connectivity index (χ4v) is 2.62. The van der Waals surface area contributed by atoms with Crippen LogP contribution >= 0.6 is 0 Å². The predicted molar refractivity (Wildman–Crippen MR) is 102 cm³/mol. The van der Waals surface area contributed by atoms with Crippen molar-refractivity contribution in [2.75, 3.05) is 6.61 Å². The van der Waals surface area contributed by atoms with Crippen LogP contribution in [0, 0.1) is 0 Å². The zero-order chi connectivity index (χ0) is 20.1. The second kappa shape index (κ2) is 8.22. The van der Waals surface area contributed by atoms with Gasteiger partial charge in [-0.25, -0.2) is 5.43 Å². The molecule has 0 saturated carbocycles. The number of benzene rings is 3. The monoisotopic (exact) mass is 377 g/mol. The number of aromatic hydroxyl groups is 1. The highest BCUT2D eigenvalue weighted by molar-refractivity contribution is 6.03. The number of aliphatic carboxylic acids is 1. The molecule has 0 saturated heterocycles. The number of carboxylic acid groups (broad SMARTS) is 1. The number of rotatable bonds is 6. The fraction of sp³-hybridized carbons (Fsp3) is 0.0952. The van der Waals surface area contributed by atoms with Gasteiger partial charge in [-0.05, 0) is 42.0 Å². The highest BCUT2D eigenvalue weighted by Gasteiger charge is 2.12. The second-order valence-corrected chi connectivity index (χ2v) is 6.04. The molecule has 3 rings (SSSR count). The summed E-state index contributed by atoms with van der Waals surface area (Å²) < 4.78 is 5.07. The van der Waals surface area contributed by atoms with Crippen molar-refractivity contribution >= 4 is 28.4 Å². The summed E-state index contributed by atoms with van der Waals surface area (Å²) in [4.78, 5) is 22.9. The van der Waals surface area contributed by atoms with E-state index >= 15 is 0 Å². The highest BCUT2D eigenvalue weighted by atomic mass is 16.5. The number of nitrogens with zero attached hydrogens (tertiary/aromatic N) is 1. The number of hydrazone groups is 1. The van der Waals surface area contributed by atoms with Gasteiger partial charge in [0.05, 0.1) is 17.2 Å². The molecular weight excluding hydrogens is 360 g/mol. The summed E-state index contributed by atoms with van der Waals surface area (Å²) >= 11 is 0. The number of phenolic OH excluding ortho intramolecular Hbond substituents is 1. The van der Waals surface area contributed by atoms with Crippen LogP contribution in [-0.2, 0) is 4.79 Å². The standard InChI is InChI=1S/C21H18N2O5/c1-13(14-7-4-8-17(9-14)28-12-20(25)26)22-23-21(27)18-10-15-5-2-3-6-16(15)11-19(18)24/h2-11,24H,12H2,1H3,(H,23,27)(H,25,26)/p-1/b22-13-. The maximum atomic E-state index is 12.4. The van der Waals surface area contributed by atoms with E-state index in [9.17, 15) is 19.8 Å². The van der Waals surface area contributed by atoms with Crippen molar-refractivity contribution in [2.24, 2.45) is 5.10 Å². The van der Waals surface area contributed by atoms with Crippen molar-refractivity contribution in [3.05, 3.63) is 71.8 Å². The molecule has 7 heteroatoms. The lowest BCUT2D eigenvalue weighted by atomic mass is 10.1. The number of carbonyl (C=O) groups is 2. The summed E-state index contributed by atoms with van der Waals surface area (Å²) in [7, 11) is 0. The molecule has 0 aliphatic heterocycles. The van der Waals surface area contributed by atoms with Crippen molar-refractivity contribution in [3.8, 4) is 11.5 Å². The van der Waals surface area contributed by atoms with Crippen molar-refractivity contribution in [3.63, 3.8) is 0 Å². The fourth-order valence-electron chi connectivity index (χ4n) is 2.62. The first-order valence-corrected chi connectivity index (χ1v) is 8.43. The minimum Gasteiger partial charge on any atom is -0.546 e. The third-order valence-electron chi connectivity index (χ3n) is 4.04. The van der Waals surface area contributed by atoms with Crippen molar-refractivity contribution in [1.82, 2.24) is 5.43 Å². The molecular formula is C21H17N2O5-. The molecule has 3 aromatic carbocycles. The van der Waals surface area contributed by atoms with Gasteiger partial charge in [-0.3, -0.25) is 4.79 Å². The third kappa shape index (κ3) is 4.45. The maximum Gasteiger partial charge on any atom is 0.275 e. The number of fused-ring (bicyclic) bond motifs is 1. The molecule has 0 radical (unpaired) electrons. The van der Waals surface area contributed by atoms with Crippen LogP contribution in [0.15, 0.2) is 65.8 Å². The van der Waals surface area contributed by atoms with E-state index in [1.807, 2.05) is 24.3 Å². The molecule has 0 heterocycles. The molecule has 0 spiro atoms. The lowest BCUT2D eigenvalue weighted by Gasteiger charge is -2.09. The Morgan fingerprint density at radius 3 is 2.50 bits per heavy atom. The molecule has 142 valence electrons. The quantitative estimate of drug-likeness (QED) is 0.503. The van der Waals surface area contributed by atoms with Gasteiger partial charge in [0.15, 0.2) is 0 Å². The van der Waals surface area contributed by atoms with E-state index in [-0.39, 0.29) is 11.3 Å². The van der Waals surface area contributed by atoms with Crippen molar-refractivity contribution in [1.29, 1.82) is 0 Å². The largest absolute Gasteiger partial charge is 0.546 e. The Labute approximate surface area is 160 Å². The minimum absolute atomic E-state index is 0.112. The molecule has 2 N–H and O–H groups in total. The van der Waals surface area contributed by atoms with Gasteiger partial charge in [0.2, 0.25) is 0 Å². The Morgan fingerprint density at radius 2 is 1.79 bits per heavy atom. The number of phenols is 1. The van der Waals surface area contributed by atoms with Gasteiger partial charge in [-0.1, -0.05) is 36.4 Å². The summed E-state index contributed by atoms with van der Waals surface area (Å²) in [5, 5.41) is 26.3. The van der Waals surface area contributed by atoms with Gasteiger partial charge in [0, 0.05) is 5.56 Å². The van der Waals surface area contributed by atoms with Gasteiger partial charge >= 0.3 is 0 Å². The molecule has 7 nitrogen and oxygen atoms in total. The van der Waals surface area contributed by atoms with Crippen LogP contribution < -0.4 is 15.3 Å². The molecule has 0 aliphatic carbocycles. The predicted octanol–water partition coefficient (Wildman–Crippen LogP) is 1.83. The van der Waals surface area contributed by atoms with E-state index in [4.69, 9.17) is 4.74 Å². The first-order chi connectivity index (χ1) is 13.4. The first kappa shape index (κ1) is 18.9. The topological polar surface area (TPSA) is 111 Å². The molecule has 3 aromatic rings. The number of nitrogens with one attached hydrogen (secondary N) is 1. The smallest absolute Gasteiger partial charge is 0.275 e. The summed E-state index contributed by atoms with van der Waals surface area (Å²) in [6.07, 6.45) is 0. The van der Waals surface area contributed by atoms with E-state index in [0.717, 1.165) is 10.8 Å². The minimum atomic E-state index is -1.32. The number of hydrogen-bond acceptors (Lipinski definition) is 6. The van der Waals surface area contributed by atoms with Crippen LogP contribution in [0.5, 0.6) is 11.5 Å². The molecule has 28 heavy (non-hydrogen) atoms. The first-order valence-electron chi connectivity index (χ1n) is 8.43. The average molecular weight is 377 g/mol. The normalized spacial score (nSPS) is 11.2. The van der Waals surface area contributed by atoms with E-state index in [2.05, 4.69) is 10.5 Å². The Bertz CT molecular complexity index is 1080. The Morgan fingerprint density at radius 1 is 1.07 bits per heavy atom. The van der Waals surface area contributed by atoms with Crippen molar-refractivity contribution in [2.45, 2.75) is 6.92 Å². The van der Waals surface area contributed by atoms with Crippen LogP contribution in [0.1, 0.15) is 22.8 Å². The van der Waals surface area contributed by atoms with Gasteiger partial charge in [0.25, 0.3) is 5.91 Å². The number of carboxylic acids is 1. The number of amides is 1. The molecule has 0 aliphatic rings. The molecule has 0 bridgehead atoms. The molecule has 0 aromatic heterocycles. The maximum absolute atomic E-state index is 12.4. The highest BCUT2D eigenvalue weighted by Crippen LogP contribution is 2.24. The zero-order valence-corrected chi connectivity index (χ0v) is 15.0. The van der Waals surface area contributed by atoms with E-state index < -0.39 is 18.5 Å². The summed E-state index contributed by atoms with van der Waals surface area (Å²) in [6.45, 7) is 1.12. The number of ether oxygens (including phenoxy) is 1. The van der Waals surface area contributed by atoms with Crippen LogP contribution in [0.25, 0.3) is 10.8 Å². The van der Waals surface area contributed by atoms with Crippen LogP contribution in [-0.4, -0.2) is 29.3 Å². The van der Waals surface area contributed by atoms with Gasteiger partial charge in [-0.2, -0.15) is 5.10 Å². The Hall–Kier alpha value is -3.87. The van der Waals surface area contributed by atoms with Crippen LogP contribution in [0.4, 0.5) is 0 Å². The third-order valence-corrected chi connectivity index (χ3v) is 4.04. The lowest BCUT2D eigenvalue weighted by molar-refractivity contribution is -0.307. The van der Waals surface area contributed by atoms with Crippen LogP contribution in [0.3, 0.4) is 0 Å². The zero-order valence-electron chi connectivity index (χ0n) is 15.0. The van der Waals surface area contributed by atoms with Gasteiger partial charge in [-0.15, -0.1) is 0 Å². The number of hydrogen-bond donors (Lipinski definition) is 2. The Kier molecular flexibility index (Phi) is 5.55. The lowest BCUT2D eigenvalue weighted by Crippen LogP contribution is -2.28. The summed E-state index contributed by atoms with van der Waals surface area (Å²) in [5.74, 6) is -1.67. The second-order valence-electron chi connectivity index (χ2n) is 6.04. The molecule has 1 amide bonds. The van der Waals surface area contributed by atoms with E-state index in [0.29, 0.717) is 17.0 Å². The molecule has 0 unspecified atom stereocenters.